The van der Waals surface area contributed by atoms with Gasteiger partial charge in [-0.25, -0.2) is 4.79 Å². The molecule has 0 bridgehead atoms. The molecule has 2 rings (SSSR count). The summed E-state index contributed by atoms with van der Waals surface area (Å²) in [5.41, 5.74) is -1.39. The summed E-state index contributed by atoms with van der Waals surface area (Å²) in [7, 11) is 0. The van der Waals surface area contributed by atoms with Gasteiger partial charge in [0.2, 0.25) is 5.91 Å². The molecular formula is C14H24N2O3. The van der Waals surface area contributed by atoms with Crippen molar-refractivity contribution in [2.75, 3.05) is 19.6 Å². The molecule has 2 unspecified atom stereocenters. The van der Waals surface area contributed by atoms with E-state index in [1.807, 2.05) is 13.8 Å². The molecule has 5 heteroatoms. The van der Waals surface area contributed by atoms with Crippen molar-refractivity contribution in [2.45, 2.75) is 51.5 Å². The molecule has 108 valence electrons. The van der Waals surface area contributed by atoms with Gasteiger partial charge in [0, 0.05) is 13.1 Å². The first-order valence-corrected chi connectivity index (χ1v) is 7.22. The van der Waals surface area contributed by atoms with Crippen LogP contribution in [0, 0.1) is 5.41 Å². The Morgan fingerprint density at radius 2 is 2.11 bits per heavy atom. The van der Waals surface area contributed by atoms with Crippen molar-refractivity contribution in [3.05, 3.63) is 0 Å². The van der Waals surface area contributed by atoms with Gasteiger partial charge in [-0.15, -0.1) is 0 Å². The maximum Gasteiger partial charge on any atom is 0.329 e. The molecule has 1 amide bonds. The largest absolute Gasteiger partial charge is 0.479 e. The summed E-state index contributed by atoms with van der Waals surface area (Å²) in [6.45, 7) is 6.01. The molecule has 0 aromatic rings. The fourth-order valence-electron chi connectivity index (χ4n) is 3.50. The second-order valence-corrected chi connectivity index (χ2v) is 6.13. The number of carboxylic acids is 1. The Hall–Kier alpha value is -1.10. The third-order valence-electron chi connectivity index (χ3n) is 4.68. The number of rotatable bonds is 4. The number of carbonyl (C=O) groups excluding carboxylic acids is 1. The predicted octanol–water partition coefficient (Wildman–Crippen LogP) is 1.23. The number of hydrogen-bond acceptors (Lipinski definition) is 3. The van der Waals surface area contributed by atoms with Crippen LogP contribution >= 0.6 is 0 Å². The molecule has 0 aromatic carbocycles. The first-order valence-electron chi connectivity index (χ1n) is 7.22. The van der Waals surface area contributed by atoms with Crippen molar-refractivity contribution in [1.29, 1.82) is 0 Å². The summed E-state index contributed by atoms with van der Waals surface area (Å²) in [5.74, 6) is -0.819. The molecule has 0 radical (unpaired) electrons. The fourth-order valence-corrected chi connectivity index (χ4v) is 3.50. The van der Waals surface area contributed by atoms with Gasteiger partial charge in [0.1, 0.15) is 5.54 Å². The van der Waals surface area contributed by atoms with Crippen molar-refractivity contribution in [3.63, 3.8) is 0 Å². The van der Waals surface area contributed by atoms with Gasteiger partial charge in [-0.05, 0) is 39.2 Å². The lowest BCUT2D eigenvalue weighted by atomic mass is 9.84. The highest BCUT2D eigenvalue weighted by Gasteiger charge is 2.53. The first kappa shape index (κ1) is 14.3. The monoisotopic (exact) mass is 268 g/mol. The molecule has 5 nitrogen and oxygen atoms in total. The van der Waals surface area contributed by atoms with E-state index in [1.165, 1.54) is 0 Å². The Morgan fingerprint density at radius 1 is 1.37 bits per heavy atom. The summed E-state index contributed by atoms with van der Waals surface area (Å²) in [5, 5.41) is 12.8. The van der Waals surface area contributed by atoms with Gasteiger partial charge in [-0.1, -0.05) is 13.3 Å². The van der Waals surface area contributed by atoms with Crippen LogP contribution in [-0.2, 0) is 9.59 Å². The van der Waals surface area contributed by atoms with E-state index in [9.17, 15) is 14.7 Å². The van der Waals surface area contributed by atoms with E-state index in [4.69, 9.17) is 0 Å². The molecule has 2 aliphatic heterocycles. The summed E-state index contributed by atoms with van der Waals surface area (Å²) in [4.78, 5) is 26.2. The molecule has 19 heavy (non-hydrogen) atoms. The van der Waals surface area contributed by atoms with Crippen molar-refractivity contribution >= 4 is 11.9 Å². The van der Waals surface area contributed by atoms with Gasteiger partial charge in [0.15, 0.2) is 0 Å². The summed E-state index contributed by atoms with van der Waals surface area (Å²) in [6.07, 6.45) is 3.51. The van der Waals surface area contributed by atoms with Gasteiger partial charge in [0.05, 0.1) is 5.41 Å². The van der Waals surface area contributed by atoms with E-state index < -0.39 is 16.9 Å². The van der Waals surface area contributed by atoms with Crippen LogP contribution in [0.3, 0.4) is 0 Å². The zero-order valence-corrected chi connectivity index (χ0v) is 11.9. The Bertz CT molecular complexity index is 377. The summed E-state index contributed by atoms with van der Waals surface area (Å²) >= 11 is 0. The van der Waals surface area contributed by atoms with Gasteiger partial charge >= 0.3 is 5.97 Å². The molecule has 2 aliphatic rings. The fraction of sp³-hybridized carbons (Fsp3) is 0.857. The molecule has 0 aliphatic carbocycles. The van der Waals surface area contributed by atoms with Crippen molar-refractivity contribution in [1.82, 2.24) is 10.2 Å². The Morgan fingerprint density at radius 3 is 2.63 bits per heavy atom. The number of carboxylic acid groups (broad SMARTS) is 1. The van der Waals surface area contributed by atoms with Crippen LogP contribution in [0.25, 0.3) is 0 Å². The van der Waals surface area contributed by atoms with Crippen LogP contribution in [0.15, 0.2) is 0 Å². The molecular weight excluding hydrogens is 244 g/mol. The van der Waals surface area contributed by atoms with E-state index in [0.29, 0.717) is 25.9 Å². The Kier molecular flexibility index (Phi) is 3.85. The molecule has 2 atom stereocenters. The minimum absolute atomic E-state index is 0.0193. The number of likely N-dealkylation sites (tertiary alicyclic amines) is 1. The van der Waals surface area contributed by atoms with Crippen molar-refractivity contribution in [2.24, 2.45) is 5.41 Å². The highest BCUT2D eigenvalue weighted by Crippen LogP contribution is 2.38. The molecule has 0 aromatic heterocycles. The van der Waals surface area contributed by atoms with Crippen LogP contribution in [0.1, 0.15) is 46.0 Å². The van der Waals surface area contributed by atoms with E-state index in [-0.39, 0.29) is 5.91 Å². The van der Waals surface area contributed by atoms with Gasteiger partial charge < -0.3 is 15.3 Å². The lowest BCUT2D eigenvalue weighted by Crippen LogP contribution is -2.57. The smallest absolute Gasteiger partial charge is 0.329 e. The Labute approximate surface area is 114 Å². The number of aliphatic carboxylic acids is 1. The number of amides is 1. The van der Waals surface area contributed by atoms with E-state index in [2.05, 4.69) is 5.32 Å². The molecule has 0 saturated carbocycles. The quantitative estimate of drug-likeness (QED) is 0.804. The van der Waals surface area contributed by atoms with Crippen molar-refractivity contribution in [3.8, 4) is 0 Å². The van der Waals surface area contributed by atoms with Crippen LogP contribution in [0.5, 0.6) is 0 Å². The highest BCUT2D eigenvalue weighted by molar-refractivity contribution is 5.90. The molecule has 0 spiro atoms. The zero-order valence-electron chi connectivity index (χ0n) is 11.9. The summed E-state index contributed by atoms with van der Waals surface area (Å²) < 4.78 is 0. The van der Waals surface area contributed by atoms with Crippen molar-refractivity contribution < 1.29 is 14.7 Å². The molecule has 2 saturated heterocycles. The third-order valence-corrected chi connectivity index (χ3v) is 4.68. The molecule has 2 fully saturated rings. The maximum atomic E-state index is 12.8. The first-order chi connectivity index (χ1) is 8.96. The van der Waals surface area contributed by atoms with Gasteiger partial charge in [-0.3, -0.25) is 4.79 Å². The predicted molar refractivity (Wildman–Crippen MR) is 71.8 cm³/mol. The topological polar surface area (TPSA) is 69.6 Å². The average Bonchev–Trinajstić information content (AvgIpc) is 2.97. The number of nitrogens with zero attached hydrogens (tertiary/aromatic N) is 1. The second kappa shape index (κ2) is 5.12. The lowest BCUT2D eigenvalue weighted by molar-refractivity contribution is -0.161. The van der Waals surface area contributed by atoms with Gasteiger partial charge in [0.25, 0.3) is 0 Å². The Balaban J connectivity index is 2.26. The van der Waals surface area contributed by atoms with Crippen LogP contribution in [-0.4, -0.2) is 47.1 Å². The molecule has 2 heterocycles. The van der Waals surface area contributed by atoms with Crippen LogP contribution in [0.2, 0.25) is 0 Å². The van der Waals surface area contributed by atoms with Crippen LogP contribution in [0.4, 0.5) is 0 Å². The maximum absolute atomic E-state index is 12.8. The SMILES string of the molecule is CCCC1(C(=O)O)CCCN1C(=O)C1(C)CCNC1. The number of hydrogen-bond donors (Lipinski definition) is 2. The number of carbonyl (C=O) groups is 2. The average molecular weight is 268 g/mol. The van der Waals surface area contributed by atoms with E-state index >= 15 is 0 Å². The normalized spacial score (nSPS) is 34.7. The minimum atomic E-state index is -0.961. The zero-order chi connectivity index (χ0) is 14.1. The van der Waals surface area contributed by atoms with E-state index in [1.54, 1.807) is 4.90 Å². The third kappa shape index (κ3) is 2.24. The molecule has 2 N–H and O–H groups in total. The van der Waals surface area contributed by atoms with Gasteiger partial charge in [-0.2, -0.15) is 0 Å². The van der Waals surface area contributed by atoms with Crippen LogP contribution < -0.4 is 5.32 Å². The second-order valence-electron chi connectivity index (χ2n) is 6.13. The number of nitrogens with one attached hydrogen (secondary N) is 1. The summed E-state index contributed by atoms with van der Waals surface area (Å²) in [6, 6.07) is 0. The standard InChI is InChI=1S/C14H24N2O3/c1-3-5-14(12(18)19)6-4-9-16(14)11(17)13(2)7-8-15-10-13/h15H,3-10H2,1-2H3,(H,18,19). The highest BCUT2D eigenvalue weighted by atomic mass is 16.4. The minimum Gasteiger partial charge on any atom is -0.479 e. The lowest BCUT2D eigenvalue weighted by Gasteiger charge is -2.39. The van der Waals surface area contributed by atoms with E-state index in [0.717, 1.165) is 25.8 Å².